The van der Waals surface area contributed by atoms with Gasteiger partial charge in [-0.1, -0.05) is 0 Å². The monoisotopic (exact) mass is 400 g/mol. The summed E-state index contributed by atoms with van der Waals surface area (Å²) in [6.07, 6.45) is 1.48. The van der Waals surface area contributed by atoms with Gasteiger partial charge in [-0.25, -0.2) is 18.0 Å². The predicted octanol–water partition coefficient (Wildman–Crippen LogP) is 1.17. The van der Waals surface area contributed by atoms with E-state index >= 15 is 4.39 Å². The minimum absolute atomic E-state index is 0.00167. The number of nitrogens with one attached hydrogen (secondary N) is 1. The van der Waals surface area contributed by atoms with Crippen LogP contribution in [-0.4, -0.2) is 52.7 Å². The Hall–Kier alpha value is -1.91. The molecule has 1 saturated heterocycles. The molecule has 2 fully saturated rings. The Morgan fingerprint density at radius 1 is 1.36 bits per heavy atom. The van der Waals surface area contributed by atoms with E-state index in [1.54, 1.807) is 0 Å². The second kappa shape index (κ2) is 6.57. The minimum Gasteiger partial charge on any atom is -0.373 e. The molecule has 0 amide bonds. The van der Waals surface area contributed by atoms with Crippen LogP contribution in [-0.2, 0) is 4.74 Å². The van der Waals surface area contributed by atoms with Crippen molar-refractivity contribution in [1.29, 1.82) is 0 Å². The van der Waals surface area contributed by atoms with Crippen LogP contribution in [0.3, 0.4) is 0 Å². The first-order chi connectivity index (χ1) is 13.2. The summed E-state index contributed by atoms with van der Waals surface area (Å²) in [6, 6.07) is -2.03. The Balaban J connectivity index is 1.82. The summed E-state index contributed by atoms with van der Waals surface area (Å²) in [6.45, 7) is 0.725. The number of aromatic amines is 1. The van der Waals surface area contributed by atoms with Crippen LogP contribution >= 0.6 is 0 Å². The molecule has 0 aromatic carbocycles. The van der Waals surface area contributed by atoms with Crippen molar-refractivity contribution < 1.29 is 17.9 Å². The molecule has 7 nitrogen and oxygen atoms in total. The molecule has 1 aliphatic heterocycles. The van der Waals surface area contributed by atoms with Crippen molar-refractivity contribution in [1.82, 2.24) is 14.5 Å². The van der Waals surface area contributed by atoms with E-state index in [-0.39, 0.29) is 23.8 Å². The smallest absolute Gasteiger partial charge is 0.328 e. The van der Waals surface area contributed by atoms with Crippen molar-refractivity contribution >= 4 is 6.08 Å². The van der Waals surface area contributed by atoms with Gasteiger partial charge in [0.1, 0.15) is 11.9 Å². The SMILES string of the molecule is COC1c2c(c(=O)[nH]c(=O)n2C2CC2)C=C(F)C1N1CC(C(C)N)C(F)(F)C1. The van der Waals surface area contributed by atoms with E-state index < -0.39 is 53.6 Å². The second-order valence-electron chi connectivity index (χ2n) is 7.95. The van der Waals surface area contributed by atoms with E-state index in [9.17, 15) is 18.4 Å². The van der Waals surface area contributed by atoms with Gasteiger partial charge in [-0.2, -0.15) is 0 Å². The number of hydrogen-bond donors (Lipinski definition) is 2. The number of H-pyrrole nitrogens is 1. The molecule has 1 saturated carbocycles. The Morgan fingerprint density at radius 2 is 2.04 bits per heavy atom. The van der Waals surface area contributed by atoms with Gasteiger partial charge in [0.15, 0.2) is 0 Å². The topological polar surface area (TPSA) is 93.3 Å². The van der Waals surface area contributed by atoms with Gasteiger partial charge in [0, 0.05) is 25.7 Å². The van der Waals surface area contributed by atoms with Gasteiger partial charge in [0.25, 0.3) is 11.5 Å². The number of alkyl halides is 2. The van der Waals surface area contributed by atoms with Crippen LogP contribution in [0.15, 0.2) is 15.4 Å². The zero-order valence-electron chi connectivity index (χ0n) is 15.6. The number of likely N-dealkylation sites (tertiary alicyclic amines) is 1. The Bertz CT molecular complexity index is 935. The molecular formula is C18H23F3N4O3. The lowest BCUT2D eigenvalue weighted by molar-refractivity contribution is -0.0405. The molecule has 28 heavy (non-hydrogen) atoms. The summed E-state index contributed by atoms with van der Waals surface area (Å²) in [5, 5.41) is 0. The van der Waals surface area contributed by atoms with Gasteiger partial charge in [0.2, 0.25) is 0 Å². The molecule has 4 rings (SSSR count). The fourth-order valence-corrected chi connectivity index (χ4v) is 4.43. The third-order valence-electron chi connectivity index (χ3n) is 5.92. The Kier molecular flexibility index (Phi) is 4.55. The maximum absolute atomic E-state index is 15.0. The molecule has 1 aromatic heterocycles. The molecular weight excluding hydrogens is 377 g/mol. The van der Waals surface area contributed by atoms with Crippen LogP contribution in [0.4, 0.5) is 13.2 Å². The Labute approximate surface area is 159 Å². The highest BCUT2D eigenvalue weighted by atomic mass is 19.3. The van der Waals surface area contributed by atoms with Crippen molar-refractivity contribution in [3.63, 3.8) is 0 Å². The van der Waals surface area contributed by atoms with Crippen molar-refractivity contribution in [2.75, 3.05) is 20.2 Å². The number of halogens is 3. The third kappa shape index (κ3) is 2.94. The van der Waals surface area contributed by atoms with E-state index in [4.69, 9.17) is 10.5 Å². The lowest BCUT2D eigenvalue weighted by atomic mass is 9.93. The number of methoxy groups -OCH3 is 1. The van der Waals surface area contributed by atoms with Gasteiger partial charge >= 0.3 is 5.69 Å². The van der Waals surface area contributed by atoms with Crippen molar-refractivity contribution in [3.05, 3.63) is 37.9 Å². The fourth-order valence-electron chi connectivity index (χ4n) is 4.43. The standard InChI is InChI=1S/C18H23F3N4O3/c1-8(22)11-6-24(7-18(11,20)21)14-12(19)5-10-13(15(14)28-2)25(9-3-4-9)17(27)23-16(10)26/h5,8-9,11,14-15H,3-4,6-7,22H2,1-2H3,(H,23,26,27). The van der Waals surface area contributed by atoms with E-state index in [1.807, 2.05) is 0 Å². The zero-order chi connectivity index (χ0) is 20.4. The molecule has 10 heteroatoms. The molecule has 0 radical (unpaired) electrons. The lowest BCUT2D eigenvalue weighted by Gasteiger charge is -2.36. The van der Waals surface area contributed by atoms with Gasteiger partial charge in [-0.3, -0.25) is 19.2 Å². The molecule has 3 aliphatic rings. The van der Waals surface area contributed by atoms with E-state index in [1.165, 1.54) is 23.5 Å². The van der Waals surface area contributed by atoms with Crippen molar-refractivity contribution in [3.8, 4) is 0 Å². The Morgan fingerprint density at radius 3 is 2.57 bits per heavy atom. The third-order valence-corrected chi connectivity index (χ3v) is 5.92. The molecule has 3 N–H and O–H groups in total. The number of fused-ring (bicyclic) bond motifs is 1. The number of nitrogens with zero attached hydrogens (tertiary/aromatic N) is 2. The fraction of sp³-hybridized carbons (Fsp3) is 0.667. The summed E-state index contributed by atoms with van der Waals surface area (Å²) in [5.41, 5.74) is 4.66. The highest BCUT2D eigenvalue weighted by Crippen LogP contribution is 2.45. The molecule has 0 spiro atoms. The van der Waals surface area contributed by atoms with E-state index in [2.05, 4.69) is 4.98 Å². The summed E-state index contributed by atoms with van der Waals surface area (Å²) >= 11 is 0. The molecule has 2 aliphatic carbocycles. The first-order valence-corrected chi connectivity index (χ1v) is 9.31. The number of rotatable bonds is 4. The summed E-state index contributed by atoms with van der Waals surface area (Å²) < 4.78 is 50.9. The normalized spacial score (nSPS) is 30.8. The quantitative estimate of drug-likeness (QED) is 0.791. The largest absolute Gasteiger partial charge is 0.373 e. The maximum Gasteiger partial charge on any atom is 0.328 e. The first-order valence-electron chi connectivity index (χ1n) is 9.31. The summed E-state index contributed by atoms with van der Waals surface area (Å²) in [7, 11) is 1.32. The number of aromatic nitrogens is 2. The molecule has 4 atom stereocenters. The summed E-state index contributed by atoms with van der Waals surface area (Å²) in [4.78, 5) is 28.2. The van der Waals surface area contributed by atoms with Crippen LogP contribution in [0.25, 0.3) is 6.08 Å². The molecule has 0 bridgehead atoms. The maximum atomic E-state index is 15.0. The van der Waals surface area contributed by atoms with Crippen molar-refractivity contribution in [2.45, 2.75) is 49.9 Å². The zero-order valence-corrected chi connectivity index (χ0v) is 15.6. The summed E-state index contributed by atoms with van der Waals surface area (Å²) in [5.74, 6) is -4.94. The molecule has 4 unspecified atom stereocenters. The van der Waals surface area contributed by atoms with Crippen LogP contribution in [0.5, 0.6) is 0 Å². The number of nitrogens with two attached hydrogens (primary N) is 1. The predicted molar refractivity (Wildman–Crippen MR) is 95.9 cm³/mol. The molecule has 2 heterocycles. The number of hydrogen-bond acceptors (Lipinski definition) is 5. The van der Waals surface area contributed by atoms with Crippen molar-refractivity contribution in [2.24, 2.45) is 11.7 Å². The molecule has 154 valence electrons. The molecule has 1 aromatic rings. The minimum atomic E-state index is -3.07. The van der Waals surface area contributed by atoms with Crippen LogP contribution in [0.2, 0.25) is 0 Å². The van der Waals surface area contributed by atoms with Crippen LogP contribution in [0.1, 0.15) is 43.2 Å². The van der Waals surface area contributed by atoms with Gasteiger partial charge < -0.3 is 10.5 Å². The number of ether oxygens (including phenoxy) is 1. The average molecular weight is 400 g/mol. The first kappa shape index (κ1) is 19.4. The van der Waals surface area contributed by atoms with Gasteiger partial charge in [0.05, 0.1) is 29.8 Å². The van der Waals surface area contributed by atoms with E-state index in [0.717, 1.165) is 18.9 Å². The van der Waals surface area contributed by atoms with Gasteiger partial charge in [-0.05, 0) is 25.8 Å². The van der Waals surface area contributed by atoms with Crippen LogP contribution < -0.4 is 17.0 Å². The van der Waals surface area contributed by atoms with E-state index in [0.29, 0.717) is 0 Å². The van der Waals surface area contributed by atoms with Crippen LogP contribution in [0, 0.1) is 5.92 Å². The highest BCUT2D eigenvalue weighted by Gasteiger charge is 2.54. The second-order valence-corrected chi connectivity index (χ2v) is 7.95. The van der Waals surface area contributed by atoms with Gasteiger partial charge in [-0.15, -0.1) is 0 Å². The highest BCUT2D eigenvalue weighted by molar-refractivity contribution is 5.58. The lowest BCUT2D eigenvalue weighted by Crippen LogP contribution is -2.46. The average Bonchev–Trinajstić information content (AvgIpc) is 3.37.